The lowest BCUT2D eigenvalue weighted by Gasteiger charge is -2.06. The van der Waals surface area contributed by atoms with Gasteiger partial charge in [-0.05, 0) is 11.5 Å². The minimum absolute atomic E-state index is 0.239. The Kier molecular flexibility index (Phi) is 3.27. The normalized spacial score (nSPS) is 11.8. The zero-order valence-electron chi connectivity index (χ0n) is 7.82. The van der Waals surface area contributed by atoms with Gasteiger partial charge in [-0.25, -0.2) is 4.98 Å². The van der Waals surface area contributed by atoms with E-state index in [1.165, 1.54) is 0 Å². The van der Waals surface area contributed by atoms with Gasteiger partial charge in [0.2, 0.25) is 5.88 Å². The lowest BCUT2D eigenvalue weighted by molar-refractivity contribution is 0.397. The number of ether oxygens (including phenoxy) is 1. The SMILES string of the molecule is COc1ccc(C(C)CC#N)cn1. The van der Waals surface area contributed by atoms with Crippen LogP contribution in [0.4, 0.5) is 0 Å². The summed E-state index contributed by atoms with van der Waals surface area (Å²) < 4.78 is 4.93. The first-order valence-electron chi connectivity index (χ1n) is 4.14. The Morgan fingerprint density at radius 2 is 2.38 bits per heavy atom. The van der Waals surface area contributed by atoms with Gasteiger partial charge in [-0.15, -0.1) is 0 Å². The Balaban J connectivity index is 2.74. The molecular weight excluding hydrogens is 164 g/mol. The van der Waals surface area contributed by atoms with Gasteiger partial charge < -0.3 is 4.74 Å². The molecule has 0 bridgehead atoms. The third kappa shape index (κ3) is 2.45. The maximum Gasteiger partial charge on any atom is 0.212 e. The fourth-order valence-electron chi connectivity index (χ4n) is 1.06. The standard InChI is InChI=1S/C10H12N2O/c1-8(5-6-11)9-3-4-10(13-2)12-7-9/h3-4,7-8H,5H2,1-2H3. The van der Waals surface area contributed by atoms with Gasteiger partial charge in [-0.3, -0.25) is 0 Å². The first-order valence-corrected chi connectivity index (χ1v) is 4.14. The maximum absolute atomic E-state index is 8.50. The Bertz CT molecular complexity index is 300. The molecule has 0 aliphatic heterocycles. The number of hydrogen-bond acceptors (Lipinski definition) is 3. The van der Waals surface area contributed by atoms with Crippen LogP contribution in [0.25, 0.3) is 0 Å². The van der Waals surface area contributed by atoms with Gasteiger partial charge in [0, 0.05) is 18.7 Å². The molecular formula is C10H12N2O. The molecule has 0 spiro atoms. The topological polar surface area (TPSA) is 45.9 Å². The average molecular weight is 176 g/mol. The number of rotatable bonds is 3. The zero-order chi connectivity index (χ0) is 9.68. The van der Waals surface area contributed by atoms with Crippen LogP contribution in [0.15, 0.2) is 18.3 Å². The van der Waals surface area contributed by atoms with Crippen LogP contribution in [0.1, 0.15) is 24.8 Å². The van der Waals surface area contributed by atoms with Crippen molar-refractivity contribution in [1.82, 2.24) is 4.98 Å². The second kappa shape index (κ2) is 4.46. The van der Waals surface area contributed by atoms with Gasteiger partial charge >= 0.3 is 0 Å². The van der Waals surface area contributed by atoms with Crippen molar-refractivity contribution >= 4 is 0 Å². The highest BCUT2D eigenvalue weighted by atomic mass is 16.5. The molecule has 0 saturated carbocycles. The first-order chi connectivity index (χ1) is 6.27. The van der Waals surface area contributed by atoms with Crippen LogP contribution in [-0.4, -0.2) is 12.1 Å². The summed E-state index contributed by atoms with van der Waals surface area (Å²) in [6.07, 6.45) is 2.27. The molecule has 0 saturated heterocycles. The minimum atomic E-state index is 0.239. The molecule has 1 rings (SSSR count). The molecule has 1 aromatic rings. The fourth-order valence-corrected chi connectivity index (χ4v) is 1.06. The summed E-state index contributed by atoms with van der Waals surface area (Å²) in [6, 6.07) is 5.88. The summed E-state index contributed by atoms with van der Waals surface area (Å²) in [5.74, 6) is 0.844. The highest BCUT2D eigenvalue weighted by Crippen LogP contribution is 2.18. The Hall–Kier alpha value is -1.56. The molecule has 1 aromatic heterocycles. The lowest BCUT2D eigenvalue weighted by Crippen LogP contribution is -1.94. The van der Waals surface area contributed by atoms with E-state index >= 15 is 0 Å². The van der Waals surface area contributed by atoms with Gasteiger partial charge in [-0.1, -0.05) is 13.0 Å². The number of nitrogens with zero attached hydrogens (tertiary/aromatic N) is 2. The van der Waals surface area contributed by atoms with Crippen molar-refractivity contribution < 1.29 is 4.74 Å². The van der Waals surface area contributed by atoms with Gasteiger partial charge in [0.05, 0.1) is 13.2 Å². The van der Waals surface area contributed by atoms with Crippen molar-refractivity contribution in [2.24, 2.45) is 0 Å². The summed E-state index contributed by atoms with van der Waals surface area (Å²) >= 11 is 0. The van der Waals surface area contributed by atoms with E-state index in [0.717, 1.165) is 5.56 Å². The average Bonchev–Trinajstić information content (AvgIpc) is 2.18. The summed E-state index contributed by atoms with van der Waals surface area (Å²) in [7, 11) is 1.58. The predicted octanol–water partition coefficient (Wildman–Crippen LogP) is 2.11. The maximum atomic E-state index is 8.50. The fraction of sp³-hybridized carbons (Fsp3) is 0.400. The largest absolute Gasteiger partial charge is 0.481 e. The molecule has 68 valence electrons. The van der Waals surface area contributed by atoms with Crippen LogP contribution in [0.2, 0.25) is 0 Å². The van der Waals surface area contributed by atoms with E-state index in [0.29, 0.717) is 12.3 Å². The van der Waals surface area contributed by atoms with Crippen molar-refractivity contribution in [3.8, 4) is 11.9 Å². The van der Waals surface area contributed by atoms with Crippen molar-refractivity contribution in [3.05, 3.63) is 23.9 Å². The van der Waals surface area contributed by atoms with E-state index in [1.54, 1.807) is 13.3 Å². The van der Waals surface area contributed by atoms with Crippen LogP contribution in [0.5, 0.6) is 5.88 Å². The van der Waals surface area contributed by atoms with Crippen LogP contribution < -0.4 is 4.74 Å². The van der Waals surface area contributed by atoms with E-state index in [9.17, 15) is 0 Å². The predicted molar refractivity (Wildman–Crippen MR) is 49.4 cm³/mol. The van der Waals surface area contributed by atoms with Crippen LogP contribution >= 0.6 is 0 Å². The van der Waals surface area contributed by atoms with E-state index in [1.807, 2.05) is 19.1 Å². The number of aromatic nitrogens is 1. The zero-order valence-corrected chi connectivity index (χ0v) is 7.82. The molecule has 1 unspecified atom stereocenters. The molecule has 1 heterocycles. The molecule has 0 fully saturated rings. The molecule has 0 amide bonds. The third-order valence-electron chi connectivity index (χ3n) is 1.93. The Morgan fingerprint density at radius 1 is 1.62 bits per heavy atom. The summed E-state index contributed by atoms with van der Waals surface area (Å²) in [5.41, 5.74) is 1.07. The molecule has 0 radical (unpaired) electrons. The third-order valence-corrected chi connectivity index (χ3v) is 1.93. The highest BCUT2D eigenvalue weighted by Gasteiger charge is 2.04. The number of pyridine rings is 1. The number of methoxy groups -OCH3 is 1. The summed E-state index contributed by atoms with van der Waals surface area (Å²) in [4.78, 5) is 4.07. The molecule has 3 nitrogen and oxygen atoms in total. The monoisotopic (exact) mass is 176 g/mol. The van der Waals surface area contributed by atoms with Gasteiger partial charge in [0.15, 0.2) is 0 Å². The summed E-state index contributed by atoms with van der Waals surface area (Å²) in [5, 5.41) is 8.50. The molecule has 3 heteroatoms. The Morgan fingerprint density at radius 3 is 2.85 bits per heavy atom. The van der Waals surface area contributed by atoms with Crippen molar-refractivity contribution in [1.29, 1.82) is 5.26 Å². The first kappa shape index (κ1) is 9.53. The minimum Gasteiger partial charge on any atom is -0.481 e. The second-order valence-corrected chi connectivity index (χ2v) is 2.90. The number of nitriles is 1. The molecule has 1 atom stereocenters. The van der Waals surface area contributed by atoms with E-state index in [-0.39, 0.29) is 5.92 Å². The van der Waals surface area contributed by atoms with Crippen molar-refractivity contribution in [2.45, 2.75) is 19.3 Å². The van der Waals surface area contributed by atoms with E-state index in [2.05, 4.69) is 11.1 Å². The lowest BCUT2D eigenvalue weighted by atomic mass is 10.0. The van der Waals surface area contributed by atoms with Gasteiger partial charge in [0.25, 0.3) is 0 Å². The van der Waals surface area contributed by atoms with Crippen molar-refractivity contribution in [2.75, 3.05) is 7.11 Å². The van der Waals surface area contributed by atoms with E-state index < -0.39 is 0 Å². The van der Waals surface area contributed by atoms with Crippen LogP contribution in [0, 0.1) is 11.3 Å². The highest BCUT2D eigenvalue weighted by molar-refractivity contribution is 5.21. The second-order valence-electron chi connectivity index (χ2n) is 2.90. The van der Waals surface area contributed by atoms with Crippen molar-refractivity contribution in [3.63, 3.8) is 0 Å². The Labute approximate surface area is 78.0 Å². The molecule has 0 aliphatic rings. The van der Waals surface area contributed by atoms with Crippen LogP contribution in [-0.2, 0) is 0 Å². The van der Waals surface area contributed by atoms with Gasteiger partial charge in [-0.2, -0.15) is 5.26 Å². The number of hydrogen-bond donors (Lipinski definition) is 0. The quantitative estimate of drug-likeness (QED) is 0.708. The molecule has 13 heavy (non-hydrogen) atoms. The molecule has 0 N–H and O–H groups in total. The van der Waals surface area contributed by atoms with E-state index in [4.69, 9.17) is 10.00 Å². The smallest absolute Gasteiger partial charge is 0.212 e. The molecule has 0 aliphatic carbocycles. The van der Waals surface area contributed by atoms with Crippen LogP contribution in [0.3, 0.4) is 0 Å². The van der Waals surface area contributed by atoms with Gasteiger partial charge in [0.1, 0.15) is 0 Å². The molecule has 0 aromatic carbocycles. The summed E-state index contributed by atoms with van der Waals surface area (Å²) in [6.45, 7) is 2.01.